The summed E-state index contributed by atoms with van der Waals surface area (Å²) >= 11 is 3.14. The topological polar surface area (TPSA) is 30.2 Å². The van der Waals surface area contributed by atoms with Crippen LogP contribution in [0, 0.1) is 5.82 Å². The monoisotopic (exact) mass is 282 g/mol. The Labute approximate surface area is 100 Å². The molecule has 2 aromatic rings. The third-order valence-corrected chi connectivity index (χ3v) is 2.56. The van der Waals surface area contributed by atoms with Gasteiger partial charge in [-0.25, -0.2) is 4.39 Å². The van der Waals surface area contributed by atoms with Crippen molar-refractivity contribution in [2.45, 2.75) is 6.42 Å². The zero-order valence-electron chi connectivity index (χ0n) is 8.24. The van der Waals surface area contributed by atoms with Gasteiger partial charge in [0.25, 0.3) is 0 Å². The molecule has 4 heteroatoms. The van der Waals surface area contributed by atoms with E-state index in [0.717, 1.165) is 0 Å². The van der Waals surface area contributed by atoms with Gasteiger partial charge in [0.05, 0.1) is 12.7 Å². The van der Waals surface area contributed by atoms with Crippen molar-refractivity contribution in [1.82, 2.24) is 0 Å². The summed E-state index contributed by atoms with van der Waals surface area (Å²) in [6.07, 6.45) is 1.65. The molecular weight excluding hydrogens is 275 g/mol. The number of rotatable bonds is 3. The molecule has 0 atom stereocenters. The number of halogens is 2. The van der Waals surface area contributed by atoms with Crippen molar-refractivity contribution in [3.8, 4) is 0 Å². The van der Waals surface area contributed by atoms with Crippen molar-refractivity contribution in [3.63, 3.8) is 0 Å². The molecule has 1 aromatic heterocycles. The van der Waals surface area contributed by atoms with Crippen LogP contribution in [0.1, 0.15) is 16.1 Å². The number of carbonyl (C=O) groups is 1. The molecule has 82 valence electrons. The molecule has 0 aliphatic heterocycles. The minimum atomic E-state index is -0.433. The van der Waals surface area contributed by atoms with Crippen molar-refractivity contribution < 1.29 is 13.6 Å². The molecule has 2 rings (SSSR count). The summed E-state index contributed by atoms with van der Waals surface area (Å²) in [7, 11) is 0. The molecule has 0 aliphatic rings. The van der Waals surface area contributed by atoms with Crippen LogP contribution in [-0.4, -0.2) is 5.78 Å². The molecule has 0 fully saturated rings. The highest BCUT2D eigenvalue weighted by Crippen LogP contribution is 2.16. The first-order chi connectivity index (χ1) is 7.65. The minimum absolute atomic E-state index is 0.142. The lowest BCUT2D eigenvalue weighted by Gasteiger charge is -2.00. The lowest BCUT2D eigenvalue weighted by molar-refractivity contribution is 0.0986. The van der Waals surface area contributed by atoms with E-state index in [4.69, 9.17) is 4.42 Å². The molecule has 2 nitrogen and oxygen atoms in total. The van der Waals surface area contributed by atoms with E-state index in [9.17, 15) is 9.18 Å². The molecule has 0 saturated carbocycles. The normalized spacial score (nSPS) is 10.4. The van der Waals surface area contributed by atoms with Crippen LogP contribution < -0.4 is 0 Å². The fourth-order valence-electron chi connectivity index (χ4n) is 1.39. The van der Waals surface area contributed by atoms with E-state index in [-0.39, 0.29) is 12.2 Å². The summed E-state index contributed by atoms with van der Waals surface area (Å²) in [6.45, 7) is 0. The predicted octanol–water partition coefficient (Wildman–Crippen LogP) is 3.61. The molecule has 0 spiro atoms. The van der Waals surface area contributed by atoms with Gasteiger partial charge in [0, 0.05) is 10.0 Å². The van der Waals surface area contributed by atoms with Gasteiger partial charge in [-0.2, -0.15) is 0 Å². The largest absolute Gasteiger partial charge is 0.469 e. The zero-order chi connectivity index (χ0) is 11.5. The third kappa shape index (κ3) is 2.58. The number of ketones is 1. The number of benzene rings is 1. The lowest BCUT2D eigenvalue weighted by Crippen LogP contribution is -2.03. The molecule has 0 amide bonds. The van der Waals surface area contributed by atoms with Gasteiger partial charge in [0.1, 0.15) is 11.6 Å². The zero-order valence-corrected chi connectivity index (χ0v) is 9.83. The average Bonchev–Trinajstić information content (AvgIpc) is 2.68. The highest BCUT2D eigenvalue weighted by molar-refractivity contribution is 9.10. The molecule has 0 unspecified atom stereocenters. The Morgan fingerprint density at radius 2 is 2.19 bits per heavy atom. The van der Waals surface area contributed by atoms with Gasteiger partial charge in [-0.05, 0) is 30.3 Å². The maximum atomic E-state index is 13.1. The van der Waals surface area contributed by atoms with Crippen LogP contribution in [0.25, 0.3) is 0 Å². The van der Waals surface area contributed by atoms with Gasteiger partial charge in [-0.1, -0.05) is 15.9 Å². The summed E-state index contributed by atoms with van der Waals surface area (Å²) in [5.74, 6) is -0.0299. The van der Waals surface area contributed by atoms with Crippen molar-refractivity contribution in [2.75, 3.05) is 0 Å². The molecule has 1 aromatic carbocycles. The van der Waals surface area contributed by atoms with E-state index in [0.29, 0.717) is 15.8 Å². The average molecular weight is 283 g/mol. The van der Waals surface area contributed by atoms with Crippen LogP contribution in [0.3, 0.4) is 0 Å². The molecule has 16 heavy (non-hydrogen) atoms. The summed E-state index contributed by atoms with van der Waals surface area (Å²) in [5.41, 5.74) is 0.336. The molecule has 0 aliphatic carbocycles. The Morgan fingerprint density at radius 3 is 2.81 bits per heavy atom. The summed E-state index contributed by atoms with van der Waals surface area (Å²) in [6, 6.07) is 7.55. The van der Waals surface area contributed by atoms with E-state index in [1.165, 1.54) is 18.4 Å². The molecular formula is C12H8BrFO2. The number of hydrogen-bond acceptors (Lipinski definition) is 2. The lowest BCUT2D eigenvalue weighted by atomic mass is 10.1. The van der Waals surface area contributed by atoms with Crippen molar-refractivity contribution >= 4 is 21.7 Å². The smallest absolute Gasteiger partial charge is 0.170 e. The van der Waals surface area contributed by atoms with E-state index < -0.39 is 5.82 Å². The third-order valence-electron chi connectivity index (χ3n) is 2.10. The fraction of sp³-hybridized carbons (Fsp3) is 0.0833. The second-order valence-corrected chi connectivity index (χ2v) is 4.25. The van der Waals surface area contributed by atoms with E-state index in [2.05, 4.69) is 15.9 Å². The Balaban J connectivity index is 2.21. The molecule has 1 heterocycles. The summed E-state index contributed by atoms with van der Waals surface area (Å²) < 4.78 is 18.7. The van der Waals surface area contributed by atoms with Crippen molar-refractivity contribution in [2.24, 2.45) is 0 Å². The Morgan fingerprint density at radius 1 is 1.38 bits per heavy atom. The van der Waals surface area contributed by atoms with Crippen LogP contribution in [0.15, 0.2) is 45.5 Å². The van der Waals surface area contributed by atoms with Gasteiger partial charge in [-0.3, -0.25) is 4.79 Å². The number of Topliss-reactive ketones (excluding diaryl/α,β-unsaturated/α-hetero) is 1. The molecule has 0 bridgehead atoms. The minimum Gasteiger partial charge on any atom is -0.469 e. The number of carbonyl (C=O) groups excluding carboxylic acids is 1. The maximum absolute atomic E-state index is 13.1. The van der Waals surface area contributed by atoms with Crippen LogP contribution in [-0.2, 0) is 6.42 Å². The molecule has 0 saturated heterocycles. The van der Waals surface area contributed by atoms with Gasteiger partial charge in [0.15, 0.2) is 5.78 Å². The second kappa shape index (κ2) is 4.61. The summed E-state index contributed by atoms with van der Waals surface area (Å²) in [4.78, 5) is 11.8. The first kappa shape index (κ1) is 11.1. The second-order valence-electron chi connectivity index (χ2n) is 3.34. The fourth-order valence-corrected chi connectivity index (χ4v) is 1.85. The first-order valence-corrected chi connectivity index (χ1v) is 5.46. The number of furan rings is 1. The van der Waals surface area contributed by atoms with E-state index in [1.807, 2.05) is 0 Å². The van der Waals surface area contributed by atoms with E-state index >= 15 is 0 Å². The van der Waals surface area contributed by atoms with Gasteiger partial charge in [0.2, 0.25) is 0 Å². The van der Waals surface area contributed by atoms with Crippen LogP contribution in [0.2, 0.25) is 0 Å². The predicted molar refractivity (Wildman–Crippen MR) is 60.8 cm³/mol. The van der Waals surface area contributed by atoms with Crippen LogP contribution >= 0.6 is 15.9 Å². The highest BCUT2D eigenvalue weighted by Gasteiger charge is 2.10. The van der Waals surface area contributed by atoms with Crippen molar-refractivity contribution in [1.29, 1.82) is 0 Å². The first-order valence-electron chi connectivity index (χ1n) is 4.67. The maximum Gasteiger partial charge on any atom is 0.170 e. The Kier molecular flexibility index (Phi) is 3.19. The van der Waals surface area contributed by atoms with Crippen LogP contribution in [0.5, 0.6) is 0 Å². The standard InChI is InChI=1S/C12H8BrFO2/c13-9-4-8(5-10(14)6-9)12(15)7-11-2-1-3-16-11/h1-6H,7H2. The van der Waals surface area contributed by atoms with Gasteiger partial charge in [-0.15, -0.1) is 0 Å². The van der Waals surface area contributed by atoms with Crippen molar-refractivity contribution in [3.05, 3.63) is 58.2 Å². The number of hydrogen-bond donors (Lipinski definition) is 0. The summed E-state index contributed by atoms with van der Waals surface area (Å²) in [5, 5.41) is 0. The van der Waals surface area contributed by atoms with Crippen LogP contribution in [0.4, 0.5) is 4.39 Å². The molecule has 0 radical (unpaired) electrons. The van der Waals surface area contributed by atoms with E-state index in [1.54, 1.807) is 18.2 Å². The van der Waals surface area contributed by atoms with Gasteiger partial charge >= 0.3 is 0 Å². The quantitative estimate of drug-likeness (QED) is 0.805. The molecule has 0 N–H and O–H groups in total. The van der Waals surface area contributed by atoms with Gasteiger partial charge < -0.3 is 4.42 Å². The Hall–Kier alpha value is -1.42. The SMILES string of the molecule is O=C(Cc1ccco1)c1cc(F)cc(Br)c1. The Bertz CT molecular complexity index is 485. The highest BCUT2D eigenvalue weighted by atomic mass is 79.9.